The van der Waals surface area contributed by atoms with Gasteiger partial charge in [0.25, 0.3) is 5.56 Å². The van der Waals surface area contributed by atoms with Gasteiger partial charge < -0.3 is 0 Å². The number of thioether (sulfide) groups is 1. The molecular weight excluding hydrogens is 518 g/mol. The van der Waals surface area contributed by atoms with E-state index in [-0.39, 0.29) is 16.1 Å². The molecule has 2 aromatic heterocycles. The minimum Gasteiger partial charge on any atom is -0.268 e. The Labute approximate surface area is 217 Å². The van der Waals surface area contributed by atoms with Crippen molar-refractivity contribution in [3.05, 3.63) is 80.7 Å². The summed E-state index contributed by atoms with van der Waals surface area (Å²) in [6, 6.07) is 12.9. The van der Waals surface area contributed by atoms with Gasteiger partial charge in [-0.3, -0.25) is 9.36 Å². The predicted molar refractivity (Wildman–Crippen MR) is 143 cm³/mol. The third kappa shape index (κ3) is 4.51. The van der Waals surface area contributed by atoms with Crippen LogP contribution in [0.3, 0.4) is 0 Å². The zero-order valence-corrected chi connectivity index (χ0v) is 22.6. The van der Waals surface area contributed by atoms with Crippen molar-refractivity contribution in [1.29, 1.82) is 0 Å². The van der Waals surface area contributed by atoms with Gasteiger partial charge in [0, 0.05) is 24.7 Å². The summed E-state index contributed by atoms with van der Waals surface area (Å²) in [5, 5.41) is 0.971. The molecule has 188 valence electrons. The standard InChI is InChI=1S/C26H26FN3O3S3/c1-16-11-12-19-22(13-16)35-24-23(19)25(31)30(21-10-5-4-9-20(21)27)26(28-24)34-15-17-7-6-8-18(14-17)36(32,33)29(2)3/h4-10,14,16H,11-13,15H2,1-3H3. The van der Waals surface area contributed by atoms with Crippen LogP contribution in [0.15, 0.2) is 63.4 Å². The number of halogens is 1. The minimum absolute atomic E-state index is 0.160. The van der Waals surface area contributed by atoms with Crippen LogP contribution >= 0.6 is 23.1 Å². The number of para-hydroxylation sites is 1. The van der Waals surface area contributed by atoms with Gasteiger partial charge in [-0.25, -0.2) is 22.1 Å². The van der Waals surface area contributed by atoms with E-state index in [1.807, 2.05) is 6.07 Å². The molecular formula is C26H26FN3O3S3. The van der Waals surface area contributed by atoms with Gasteiger partial charge in [-0.1, -0.05) is 43.0 Å². The SMILES string of the molecule is CC1CCc2c(sc3nc(SCc4cccc(S(=O)(=O)N(C)C)c4)n(-c4ccccc4F)c(=O)c23)C1. The Bertz CT molecular complexity index is 1630. The Balaban J connectivity index is 1.61. The molecule has 0 saturated heterocycles. The highest BCUT2D eigenvalue weighted by Gasteiger charge is 2.26. The van der Waals surface area contributed by atoms with Crippen molar-refractivity contribution in [2.24, 2.45) is 5.92 Å². The van der Waals surface area contributed by atoms with E-state index in [0.717, 1.165) is 30.4 Å². The zero-order valence-electron chi connectivity index (χ0n) is 20.2. The van der Waals surface area contributed by atoms with Crippen LogP contribution in [0, 0.1) is 11.7 Å². The van der Waals surface area contributed by atoms with Crippen molar-refractivity contribution in [2.75, 3.05) is 14.1 Å². The van der Waals surface area contributed by atoms with Gasteiger partial charge in [-0.05, 0) is 60.6 Å². The topological polar surface area (TPSA) is 72.3 Å². The molecule has 1 unspecified atom stereocenters. The highest BCUT2D eigenvalue weighted by molar-refractivity contribution is 7.98. The van der Waals surface area contributed by atoms with Crippen molar-refractivity contribution in [3.63, 3.8) is 0 Å². The number of benzene rings is 2. The highest BCUT2D eigenvalue weighted by atomic mass is 32.2. The number of fused-ring (bicyclic) bond motifs is 3. The molecule has 36 heavy (non-hydrogen) atoms. The highest BCUT2D eigenvalue weighted by Crippen LogP contribution is 2.37. The fourth-order valence-electron chi connectivity index (χ4n) is 4.47. The number of hydrogen-bond acceptors (Lipinski definition) is 6. The fourth-order valence-corrected chi connectivity index (χ4v) is 7.81. The van der Waals surface area contributed by atoms with Gasteiger partial charge in [-0.15, -0.1) is 11.3 Å². The molecule has 0 amide bonds. The number of thiophene rings is 1. The van der Waals surface area contributed by atoms with E-state index in [1.54, 1.807) is 47.7 Å². The van der Waals surface area contributed by atoms with Crippen LogP contribution in [0.25, 0.3) is 15.9 Å². The van der Waals surface area contributed by atoms with Crippen LogP contribution in [0.2, 0.25) is 0 Å². The Hall–Kier alpha value is -2.53. The lowest BCUT2D eigenvalue weighted by molar-refractivity contribution is 0.509. The second-order valence-corrected chi connectivity index (χ2v) is 13.4. The third-order valence-electron chi connectivity index (χ3n) is 6.44. The Morgan fingerprint density at radius 1 is 1.19 bits per heavy atom. The van der Waals surface area contributed by atoms with E-state index in [2.05, 4.69) is 6.92 Å². The minimum atomic E-state index is -3.58. The molecule has 2 heterocycles. The first-order valence-corrected chi connectivity index (χ1v) is 14.9. The maximum atomic E-state index is 14.9. The monoisotopic (exact) mass is 543 g/mol. The largest absolute Gasteiger partial charge is 0.268 e. The van der Waals surface area contributed by atoms with E-state index < -0.39 is 15.8 Å². The lowest BCUT2D eigenvalue weighted by Gasteiger charge is -2.18. The zero-order chi connectivity index (χ0) is 25.6. The first-order valence-electron chi connectivity index (χ1n) is 11.6. The second kappa shape index (κ2) is 9.74. The van der Waals surface area contributed by atoms with Gasteiger partial charge >= 0.3 is 0 Å². The average Bonchev–Trinajstić information content (AvgIpc) is 3.21. The lowest BCUT2D eigenvalue weighted by atomic mass is 9.89. The summed E-state index contributed by atoms with van der Waals surface area (Å²) in [4.78, 5) is 20.8. The summed E-state index contributed by atoms with van der Waals surface area (Å²) < 4.78 is 42.6. The molecule has 0 radical (unpaired) electrons. The Morgan fingerprint density at radius 2 is 1.97 bits per heavy atom. The van der Waals surface area contributed by atoms with E-state index in [1.165, 1.54) is 45.7 Å². The summed E-state index contributed by atoms with van der Waals surface area (Å²) >= 11 is 2.84. The molecule has 0 saturated carbocycles. The van der Waals surface area contributed by atoms with E-state index >= 15 is 0 Å². The number of aromatic nitrogens is 2. The summed E-state index contributed by atoms with van der Waals surface area (Å²) in [5.41, 5.74) is 1.71. The second-order valence-electron chi connectivity index (χ2n) is 9.24. The molecule has 2 aromatic carbocycles. The van der Waals surface area contributed by atoms with E-state index in [9.17, 15) is 17.6 Å². The maximum absolute atomic E-state index is 14.9. The molecule has 0 bridgehead atoms. The molecule has 10 heteroatoms. The summed E-state index contributed by atoms with van der Waals surface area (Å²) in [5.74, 6) is 0.420. The molecule has 4 aromatic rings. The molecule has 6 nitrogen and oxygen atoms in total. The molecule has 0 N–H and O–H groups in total. The molecule has 0 aliphatic heterocycles. The Morgan fingerprint density at radius 3 is 2.72 bits per heavy atom. The van der Waals surface area contributed by atoms with Crippen molar-refractivity contribution >= 4 is 43.3 Å². The summed E-state index contributed by atoms with van der Waals surface area (Å²) in [6.07, 6.45) is 2.76. The number of sulfonamides is 1. The van der Waals surface area contributed by atoms with Crippen molar-refractivity contribution in [1.82, 2.24) is 13.9 Å². The van der Waals surface area contributed by atoms with E-state index in [0.29, 0.717) is 27.0 Å². The van der Waals surface area contributed by atoms with Gasteiger partial charge in [0.2, 0.25) is 10.0 Å². The quantitative estimate of drug-likeness (QED) is 0.245. The number of aryl methyl sites for hydroxylation is 1. The first-order chi connectivity index (χ1) is 17.2. The van der Waals surface area contributed by atoms with Gasteiger partial charge in [0.15, 0.2) is 5.16 Å². The van der Waals surface area contributed by atoms with Crippen molar-refractivity contribution in [3.8, 4) is 5.69 Å². The number of hydrogen-bond donors (Lipinski definition) is 0. The van der Waals surface area contributed by atoms with Crippen LogP contribution in [0.4, 0.5) is 4.39 Å². The smallest absolute Gasteiger partial charge is 0.267 e. The van der Waals surface area contributed by atoms with Crippen molar-refractivity contribution < 1.29 is 12.8 Å². The first kappa shape index (κ1) is 25.1. The predicted octanol–water partition coefficient (Wildman–Crippen LogP) is 5.25. The lowest BCUT2D eigenvalue weighted by Crippen LogP contribution is -2.23. The molecule has 1 aliphatic rings. The third-order valence-corrected chi connectivity index (χ3v) is 10.4. The van der Waals surface area contributed by atoms with Crippen LogP contribution < -0.4 is 5.56 Å². The van der Waals surface area contributed by atoms with Crippen LogP contribution in [-0.2, 0) is 28.6 Å². The van der Waals surface area contributed by atoms with Gasteiger partial charge in [0.1, 0.15) is 10.6 Å². The fraction of sp³-hybridized carbons (Fsp3) is 0.308. The van der Waals surface area contributed by atoms with Gasteiger partial charge in [-0.2, -0.15) is 0 Å². The average molecular weight is 544 g/mol. The number of nitrogens with zero attached hydrogens (tertiary/aromatic N) is 3. The summed E-state index contributed by atoms with van der Waals surface area (Å²) in [7, 11) is -0.595. The van der Waals surface area contributed by atoms with Crippen molar-refractivity contribution in [2.45, 2.75) is 42.0 Å². The number of rotatable bonds is 6. The van der Waals surface area contributed by atoms with Crippen LogP contribution in [0.1, 0.15) is 29.3 Å². The Kier molecular flexibility index (Phi) is 6.80. The van der Waals surface area contributed by atoms with Crippen LogP contribution in [-0.4, -0.2) is 36.4 Å². The molecule has 1 atom stereocenters. The molecule has 0 fully saturated rings. The summed E-state index contributed by atoms with van der Waals surface area (Å²) in [6.45, 7) is 2.21. The molecule has 5 rings (SSSR count). The van der Waals surface area contributed by atoms with Gasteiger partial charge in [0.05, 0.1) is 16.0 Å². The molecule has 1 aliphatic carbocycles. The maximum Gasteiger partial charge on any atom is 0.267 e. The normalized spacial score (nSPS) is 16.0. The van der Waals surface area contributed by atoms with E-state index in [4.69, 9.17) is 4.98 Å². The molecule has 0 spiro atoms. The van der Waals surface area contributed by atoms with Crippen LogP contribution in [0.5, 0.6) is 0 Å².